The Morgan fingerprint density at radius 1 is 1.10 bits per heavy atom. The first-order valence-corrected chi connectivity index (χ1v) is 14.3. The summed E-state index contributed by atoms with van der Waals surface area (Å²) in [6, 6.07) is 14.6. The van der Waals surface area contributed by atoms with E-state index >= 15 is 0 Å². The van der Waals surface area contributed by atoms with Crippen LogP contribution in [-0.4, -0.2) is 26.4 Å². The van der Waals surface area contributed by atoms with Gasteiger partial charge in [-0.15, -0.1) is 11.8 Å². The van der Waals surface area contributed by atoms with Crippen LogP contribution in [0.3, 0.4) is 0 Å². The van der Waals surface area contributed by atoms with Crippen LogP contribution in [0.5, 0.6) is 0 Å². The molecule has 11 heteroatoms. The van der Waals surface area contributed by atoms with Gasteiger partial charge in [0.2, 0.25) is 5.91 Å². The second kappa shape index (κ2) is 10.5. The summed E-state index contributed by atoms with van der Waals surface area (Å²) in [5.74, 6) is -0.489. The highest BCUT2D eigenvalue weighted by molar-refractivity contribution is 7.99. The topological polar surface area (TPSA) is 73.0 Å². The van der Waals surface area contributed by atoms with Gasteiger partial charge in [-0.05, 0) is 67.1 Å². The smallest absolute Gasteiger partial charge is 0.260 e. The monoisotopic (exact) mass is 598 g/mol. The van der Waals surface area contributed by atoms with Gasteiger partial charge in [-0.3, -0.25) is 4.79 Å². The van der Waals surface area contributed by atoms with Gasteiger partial charge in [-0.1, -0.05) is 35.3 Å². The lowest BCUT2D eigenvalue weighted by Gasteiger charge is -2.17. The van der Waals surface area contributed by atoms with Crippen molar-refractivity contribution in [2.45, 2.75) is 36.6 Å². The van der Waals surface area contributed by atoms with E-state index < -0.39 is 17.0 Å². The van der Waals surface area contributed by atoms with E-state index in [0.29, 0.717) is 40.0 Å². The molecule has 1 fully saturated rings. The molecule has 0 bridgehead atoms. The first-order valence-electron chi connectivity index (χ1n) is 12.6. The zero-order valence-corrected chi connectivity index (χ0v) is 23.5. The second-order valence-corrected chi connectivity index (χ2v) is 11.7. The van der Waals surface area contributed by atoms with Gasteiger partial charge in [-0.25, -0.2) is 8.78 Å². The molecule has 0 radical (unpaired) electrons. The van der Waals surface area contributed by atoms with E-state index in [1.165, 1.54) is 11.0 Å². The molecule has 2 heterocycles. The van der Waals surface area contributed by atoms with Crippen molar-refractivity contribution in [1.29, 1.82) is 0 Å². The number of fused-ring (bicyclic) bond motifs is 1. The summed E-state index contributed by atoms with van der Waals surface area (Å²) in [6.07, 6.45) is 3.20. The Labute approximate surface area is 242 Å². The lowest BCUT2D eigenvalue weighted by molar-refractivity contribution is -0.116. The standard InChI is InChI=1S/C29H22Cl2F2N4O2S/c1-2-40-19-4-6-24-16(11-19)7-10-37(24)15-25(38)34-18-13-21(30)26(22(31)14-18)29(8-9-29)28-35-27(39-36-28)20-5-3-17(32)12-23(20)33/h3-7,10-14H,2,8-9,15H2,1H3,(H,34,38). The fourth-order valence-corrected chi connectivity index (χ4v) is 6.49. The number of thioether (sulfide) groups is 1. The quantitative estimate of drug-likeness (QED) is 0.183. The number of aromatic nitrogens is 3. The number of anilines is 1. The average Bonchev–Trinajstić information content (AvgIpc) is 3.35. The third-order valence-corrected chi connectivity index (χ3v) is 8.41. The number of hydrogen-bond acceptors (Lipinski definition) is 5. The number of amides is 1. The molecule has 1 N–H and O–H groups in total. The first-order chi connectivity index (χ1) is 19.3. The number of halogens is 4. The zero-order valence-electron chi connectivity index (χ0n) is 21.2. The number of carbonyl (C=O) groups is 1. The minimum atomic E-state index is -0.802. The lowest BCUT2D eigenvalue weighted by atomic mass is 9.94. The van der Waals surface area contributed by atoms with E-state index in [-0.39, 0.29) is 23.9 Å². The number of hydrogen-bond donors (Lipinski definition) is 1. The van der Waals surface area contributed by atoms with Crippen LogP contribution >= 0.6 is 35.0 Å². The van der Waals surface area contributed by atoms with Gasteiger partial charge < -0.3 is 14.4 Å². The van der Waals surface area contributed by atoms with E-state index in [2.05, 4.69) is 34.5 Å². The van der Waals surface area contributed by atoms with Crippen LogP contribution in [0, 0.1) is 11.6 Å². The van der Waals surface area contributed by atoms with Crippen molar-refractivity contribution < 1.29 is 18.1 Å². The van der Waals surface area contributed by atoms with Crippen molar-refractivity contribution in [1.82, 2.24) is 14.7 Å². The second-order valence-electron chi connectivity index (χ2n) is 9.59. The number of benzene rings is 3. The van der Waals surface area contributed by atoms with Crippen molar-refractivity contribution in [3.63, 3.8) is 0 Å². The van der Waals surface area contributed by atoms with E-state index in [0.717, 1.165) is 28.8 Å². The highest BCUT2D eigenvalue weighted by Crippen LogP contribution is 2.57. The molecule has 0 unspecified atom stereocenters. The van der Waals surface area contributed by atoms with Crippen molar-refractivity contribution in [3.05, 3.63) is 93.9 Å². The number of nitrogens with one attached hydrogen (secondary N) is 1. The molecule has 0 aliphatic heterocycles. The Bertz CT molecular complexity index is 1740. The molecule has 1 aliphatic rings. The molecule has 40 heavy (non-hydrogen) atoms. The highest BCUT2D eigenvalue weighted by Gasteiger charge is 2.52. The number of carbonyl (C=O) groups excluding carboxylic acids is 1. The van der Waals surface area contributed by atoms with Crippen LogP contribution in [0.2, 0.25) is 10.0 Å². The van der Waals surface area contributed by atoms with Gasteiger partial charge in [0, 0.05) is 49.4 Å². The number of nitrogens with zero attached hydrogens (tertiary/aromatic N) is 3. The molecular formula is C29H22Cl2F2N4O2S. The summed E-state index contributed by atoms with van der Waals surface area (Å²) in [5, 5.41) is 8.69. The molecule has 5 aromatic rings. The Morgan fingerprint density at radius 3 is 2.58 bits per heavy atom. The van der Waals surface area contributed by atoms with Crippen molar-refractivity contribution in [2.24, 2.45) is 0 Å². The predicted octanol–water partition coefficient (Wildman–Crippen LogP) is 8.11. The Morgan fingerprint density at radius 2 is 1.88 bits per heavy atom. The summed E-state index contributed by atoms with van der Waals surface area (Å²) >= 11 is 15.1. The third kappa shape index (κ3) is 4.98. The molecule has 1 aliphatic carbocycles. The van der Waals surface area contributed by atoms with Gasteiger partial charge >= 0.3 is 0 Å². The first kappa shape index (κ1) is 26.8. The van der Waals surface area contributed by atoms with E-state index in [9.17, 15) is 13.6 Å². The summed E-state index contributed by atoms with van der Waals surface area (Å²) in [4.78, 5) is 18.5. The highest BCUT2D eigenvalue weighted by atomic mass is 35.5. The minimum Gasteiger partial charge on any atom is -0.338 e. The summed E-state index contributed by atoms with van der Waals surface area (Å²) in [7, 11) is 0. The van der Waals surface area contributed by atoms with Gasteiger partial charge in [0.1, 0.15) is 18.2 Å². The maximum absolute atomic E-state index is 14.3. The van der Waals surface area contributed by atoms with Crippen LogP contribution < -0.4 is 5.32 Å². The predicted molar refractivity (Wildman–Crippen MR) is 153 cm³/mol. The minimum absolute atomic E-state index is 0.00182. The van der Waals surface area contributed by atoms with Crippen LogP contribution in [0.25, 0.3) is 22.4 Å². The molecule has 1 amide bonds. The Kier molecular flexibility index (Phi) is 7.06. The molecule has 3 aromatic carbocycles. The molecule has 204 valence electrons. The molecule has 0 saturated heterocycles. The molecule has 0 spiro atoms. The SMILES string of the molecule is CCSc1ccc2c(ccn2CC(=O)Nc2cc(Cl)c(C3(c4noc(-c5ccc(F)cc5F)n4)CC3)c(Cl)c2)c1. The fraction of sp³-hybridized carbons (Fsp3) is 0.207. The normalized spacial score (nSPS) is 14.0. The van der Waals surface area contributed by atoms with E-state index in [1.807, 2.05) is 22.9 Å². The van der Waals surface area contributed by atoms with Gasteiger partial charge in [0.15, 0.2) is 5.82 Å². The van der Waals surface area contributed by atoms with E-state index in [1.54, 1.807) is 23.9 Å². The molecular weight excluding hydrogens is 577 g/mol. The Hall–Kier alpha value is -3.40. The third-order valence-electron chi connectivity index (χ3n) is 6.94. The molecule has 6 nitrogen and oxygen atoms in total. The molecule has 6 rings (SSSR count). The maximum Gasteiger partial charge on any atom is 0.260 e. The van der Waals surface area contributed by atoms with Crippen LogP contribution in [-0.2, 0) is 16.8 Å². The van der Waals surface area contributed by atoms with Crippen LogP contribution in [0.1, 0.15) is 31.2 Å². The van der Waals surface area contributed by atoms with Gasteiger partial charge in [0.25, 0.3) is 5.89 Å². The lowest BCUT2D eigenvalue weighted by Crippen LogP contribution is -2.19. The molecule has 2 aromatic heterocycles. The van der Waals surface area contributed by atoms with Crippen molar-refractivity contribution >= 4 is 57.5 Å². The molecule has 0 atom stereocenters. The summed E-state index contributed by atoms with van der Waals surface area (Å²) < 4.78 is 34.8. The van der Waals surface area contributed by atoms with Crippen LogP contribution in [0.4, 0.5) is 14.5 Å². The summed E-state index contributed by atoms with van der Waals surface area (Å²) in [6.45, 7) is 2.23. The Balaban J connectivity index is 1.21. The van der Waals surface area contributed by atoms with E-state index in [4.69, 9.17) is 27.7 Å². The van der Waals surface area contributed by atoms with Crippen molar-refractivity contribution in [2.75, 3.05) is 11.1 Å². The number of rotatable bonds is 8. The van der Waals surface area contributed by atoms with Gasteiger partial charge in [0.05, 0.1) is 11.0 Å². The summed E-state index contributed by atoms with van der Waals surface area (Å²) in [5.41, 5.74) is 1.34. The zero-order chi connectivity index (χ0) is 28.0. The van der Waals surface area contributed by atoms with Gasteiger partial charge in [-0.2, -0.15) is 4.98 Å². The van der Waals surface area contributed by atoms with Crippen LogP contribution in [0.15, 0.2) is 70.2 Å². The molecule has 1 saturated carbocycles. The van der Waals surface area contributed by atoms with Crippen molar-refractivity contribution in [3.8, 4) is 11.5 Å². The average molecular weight is 599 g/mol. The fourth-order valence-electron chi connectivity index (χ4n) is 4.93. The largest absolute Gasteiger partial charge is 0.338 e. The maximum atomic E-state index is 14.3.